The number of carbonyl (C=O) groups is 1. The van der Waals surface area contributed by atoms with E-state index in [-0.39, 0.29) is 21.7 Å². The lowest BCUT2D eigenvalue weighted by atomic mass is 9.83. The maximum absolute atomic E-state index is 13.9. The van der Waals surface area contributed by atoms with Gasteiger partial charge in [0.1, 0.15) is 5.82 Å². The Kier molecular flexibility index (Phi) is 3.00. The van der Waals surface area contributed by atoms with Gasteiger partial charge in [-0.2, -0.15) is 0 Å². The Morgan fingerprint density at radius 3 is 2.61 bits per heavy atom. The predicted molar refractivity (Wildman–Crippen MR) is 67.3 cm³/mol. The lowest BCUT2D eigenvalue weighted by Crippen LogP contribution is -2.23. The van der Waals surface area contributed by atoms with Crippen molar-refractivity contribution in [1.29, 1.82) is 0 Å². The molecule has 0 N–H and O–H groups in total. The lowest BCUT2D eigenvalue weighted by molar-refractivity contribution is 0.0865. The van der Waals surface area contributed by atoms with Crippen LogP contribution in [-0.2, 0) is 0 Å². The second kappa shape index (κ2) is 4.41. The molecule has 0 aliphatic heterocycles. The number of hydrogen-bond donors (Lipinski definition) is 0. The van der Waals surface area contributed by atoms with Crippen molar-refractivity contribution in [2.24, 2.45) is 17.8 Å². The van der Waals surface area contributed by atoms with Gasteiger partial charge in [-0.25, -0.2) is 8.78 Å². The molecule has 3 unspecified atom stereocenters. The van der Waals surface area contributed by atoms with Crippen LogP contribution in [0.1, 0.15) is 36.0 Å². The summed E-state index contributed by atoms with van der Waals surface area (Å²) >= 11 is 3.00. The molecule has 0 saturated heterocycles. The highest BCUT2D eigenvalue weighted by molar-refractivity contribution is 9.10. The molecule has 18 heavy (non-hydrogen) atoms. The van der Waals surface area contributed by atoms with Gasteiger partial charge in [-0.15, -0.1) is 0 Å². The molecule has 2 fully saturated rings. The van der Waals surface area contributed by atoms with Crippen molar-refractivity contribution < 1.29 is 13.6 Å². The van der Waals surface area contributed by atoms with Crippen LogP contribution in [0.3, 0.4) is 0 Å². The van der Waals surface area contributed by atoms with E-state index in [1.54, 1.807) is 0 Å². The van der Waals surface area contributed by atoms with E-state index in [4.69, 9.17) is 0 Å². The monoisotopic (exact) mass is 314 g/mol. The highest BCUT2D eigenvalue weighted by Gasteiger charge is 2.44. The fourth-order valence-corrected chi connectivity index (χ4v) is 3.83. The molecule has 2 aliphatic rings. The Balaban J connectivity index is 1.96. The molecule has 2 saturated carbocycles. The fraction of sp³-hybridized carbons (Fsp3) is 0.500. The third-order valence-corrected chi connectivity index (χ3v) is 4.98. The summed E-state index contributed by atoms with van der Waals surface area (Å²) in [6, 6.07) is 2.44. The molecule has 0 amide bonds. The fourth-order valence-electron chi connectivity index (χ4n) is 3.50. The minimum atomic E-state index is -0.761. The van der Waals surface area contributed by atoms with E-state index < -0.39 is 11.6 Å². The standard InChI is InChI=1S/C14H13BrF2O/c15-10-3-4-11(16)12(13(10)17)14(18)9-6-7-1-2-8(9)5-7/h3-4,7-9H,1-2,5-6H2. The largest absolute Gasteiger partial charge is 0.294 e. The van der Waals surface area contributed by atoms with Crippen LogP contribution in [0.2, 0.25) is 0 Å². The van der Waals surface area contributed by atoms with Gasteiger partial charge >= 0.3 is 0 Å². The summed E-state index contributed by atoms with van der Waals surface area (Å²) in [7, 11) is 0. The second-order valence-corrected chi connectivity index (χ2v) is 6.22. The minimum absolute atomic E-state index is 0.149. The normalized spacial score (nSPS) is 29.8. The minimum Gasteiger partial charge on any atom is -0.294 e. The first-order chi connectivity index (χ1) is 8.58. The second-order valence-electron chi connectivity index (χ2n) is 5.36. The summed E-state index contributed by atoms with van der Waals surface area (Å²) in [4.78, 5) is 12.3. The third kappa shape index (κ3) is 1.81. The summed E-state index contributed by atoms with van der Waals surface area (Å²) in [5.41, 5.74) is -0.359. The Hall–Kier alpha value is -0.770. The van der Waals surface area contributed by atoms with Crippen LogP contribution in [0.15, 0.2) is 16.6 Å². The molecular weight excluding hydrogens is 302 g/mol. The van der Waals surface area contributed by atoms with Gasteiger partial charge in [0, 0.05) is 5.92 Å². The summed E-state index contributed by atoms with van der Waals surface area (Å²) in [5.74, 6) is -1.12. The molecule has 1 aromatic rings. The van der Waals surface area contributed by atoms with Crippen molar-refractivity contribution in [2.45, 2.75) is 25.7 Å². The SMILES string of the molecule is O=C(c1c(F)ccc(Br)c1F)C1CC2CCC1C2. The lowest BCUT2D eigenvalue weighted by Gasteiger charge is -2.20. The first-order valence-electron chi connectivity index (χ1n) is 6.25. The first-order valence-corrected chi connectivity index (χ1v) is 7.05. The van der Waals surface area contributed by atoms with Gasteiger partial charge in [0.2, 0.25) is 0 Å². The molecule has 0 heterocycles. The van der Waals surface area contributed by atoms with Gasteiger partial charge in [0.25, 0.3) is 0 Å². The Bertz CT molecular complexity index is 515. The molecule has 0 radical (unpaired) electrons. The van der Waals surface area contributed by atoms with E-state index in [2.05, 4.69) is 15.9 Å². The van der Waals surface area contributed by atoms with Crippen LogP contribution in [0.25, 0.3) is 0 Å². The maximum atomic E-state index is 13.9. The molecule has 0 aromatic heterocycles. The molecule has 96 valence electrons. The Morgan fingerprint density at radius 1 is 1.22 bits per heavy atom. The van der Waals surface area contributed by atoms with E-state index in [0.717, 1.165) is 31.7 Å². The van der Waals surface area contributed by atoms with E-state index in [1.807, 2.05) is 0 Å². The summed E-state index contributed by atoms with van der Waals surface area (Å²) < 4.78 is 27.7. The van der Waals surface area contributed by atoms with E-state index >= 15 is 0 Å². The van der Waals surface area contributed by atoms with Crippen molar-refractivity contribution in [3.05, 3.63) is 33.8 Å². The molecule has 4 heteroatoms. The zero-order valence-electron chi connectivity index (χ0n) is 9.76. The number of halogens is 3. The van der Waals surface area contributed by atoms with Crippen molar-refractivity contribution in [3.8, 4) is 0 Å². The average molecular weight is 315 g/mol. The van der Waals surface area contributed by atoms with Crippen LogP contribution < -0.4 is 0 Å². The Labute approximate surface area is 113 Å². The van der Waals surface area contributed by atoms with Crippen LogP contribution in [-0.4, -0.2) is 5.78 Å². The number of fused-ring (bicyclic) bond motifs is 2. The van der Waals surface area contributed by atoms with E-state index in [0.29, 0.717) is 11.8 Å². The van der Waals surface area contributed by atoms with E-state index in [1.165, 1.54) is 6.07 Å². The number of benzene rings is 1. The highest BCUT2D eigenvalue weighted by atomic mass is 79.9. The molecule has 3 atom stereocenters. The van der Waals surface area contributed by atoms with Crippen LogP contribution in [0, 0.1) is 29.4 Å². The van der Waals surface area contributed by atoms with Gasteiger partial charge in [0.15, 0.2) is 11.6 Å². The van der Waals surface area contributed by atoms with Crippen LogP contribution >= 0.6 is 15.9 Å². The highest BCUT2D eigenvalue weighted by Crippen LogP contribution is 2.49. The summed E-state index contributed by atoms with van der Waals surface area (Å²) in [5, 5.41) is 0. The molecule has 1 nitrogen and oxygen atoms in total. The van der Waals surface area contributed by atoms with Crippen LogP contribution in [0.4, 0.5) is 8.78 Å². The van der Waals surface area contributed by atoms with Crippen molar-refractivity contribution in [3.63, 3.8) is 0 Å². The summed E-state index contributed by atoms with van der Waals surface area (Å²) in [6.45, 7) is 0. The number of carbonyl (C=O) groups excluding carboxylic acids is 1. The smallest absolute Gasteiger partial charge is 0.172 e. The van der Waals surface area contributed by atoms with Gasteiger partial charge in [-0.1, -0.05) is 6.42 Å². The topological polar surface area (TPSA) is 17.1 Å². The molecule has 0 spiro atoms. The number of ketones is 1. The van der Waals surface area contributed by atoms with Gasteiger partial charge in [-0.05, 0) is 59.2 Å². The number of rotatable bonds is 2. The average Bonchev–Trinajstić information content (AvgIpc) is 2.96. The zero-order valence-corrected chi connectivity index (χ0v) is 11.3. The van der Waals surface area contributed by atoms with Gasteiger partial charge < -0.3 is 0 Å². The molecule has 2 aliphatic carbocycles. The quantitative estimate of drug-likeness (QED) is 0.586. The van der Waals surface area contributed by atoms with Crippen molar-refractivity contribution in [1.82, 2.24) is 0 Å². The molecule has 1 aromatic carbocycles. The first kappa shape index (κ1) is 12.3. The van der Waals surface area contributed by atoms with Crippen molar-refractivity contribution in [2.75, 3.05) is 0 Å². The van der Waals surface area contributed by atoms with E-state index in [9.17, 15) is 13.6 Å². The van der Waals surface area contributed by atoms with Crippen LogP contribution in [0.5, 0.6) is 0 Å². The van der Waals surface area contributed by atoms with Gasteiger partial charge in [-0.3, -0.25) is 4.79 Å². The summed E-state index contributed by atoms with van der Waals surface area (Å²) in [6.07, 6.45) is 4.04. The van der Waals surface area contributed by atoms with Crippen molar-refractivity contribution >= 4 is 21.7 Å². The van der Waals surface area contributed by atoms with Gasteiger partial charge in [0.05, 0.1) is 10.0 Å². The third-order valence-electron chi connectivity index (χ3n) is 4.37. The molecule has 3 rings (SSSR count). The number of hydrogen-bond acceptors (Lipinski definition) is 1. The number of Topliss-reactive ketones (excluding diaryl/α,β-unsaturated/α-hetero) is 1. The predicted octanol–water partition coefficient (Wildman–Crippen LogP) is 4.35. The maximum Gasteiger partial charge on any atom is 0.172 e. The molecular formula is C14H13BrF2O. The molecule has 2 bridgehead atoms. The Morgan fingerprint density at radius 2 is 2.00 bits per heavy atom. The zero-order chi connectivity index (χ0) is 12.9.